The first-order chi connectivity index (χ1) is 11.5. The van der Waals surface area contributed by atoms with Crippen LogP contribution in [0.3, 0.4) is 0 Å². The van der Waals surface area contributed by atoms with Crippen molar-refractivity contribution in [3.05, 3.63) is 77.0 Å². The number of rotatable bonds is 4. The molecule has 0 amide bonds. The Labute approximate surface area is 145 Å². The van der Waals surface area contributed by atoms with Gasteiger partial charge in [0.15, 0.2) is 0 Å². The molecule has 0 aliphatic carbocycles. The maximum Gasteiger partial charge on any atom is 0.336 e. The summed E-state index contributed by atoms with van der Waals surface area (Å²) < 4.78 is 31.9. The Kier molecular flexibility index (Phi) is 4.59. The Bertz CT molecular complexity index is 877. The summed E-state index contributed by atoms with van der Waals surface area (Å²) in [5, 5.41) is 0.583. The number of carbonyl (C=O) groups excluding carboxylic acids is 1. The van der Waals surface area contributed by atoms with Gasteiger partial charge in [0.25, 0.3) is 10.0 Å². The number of benzene rings is 2. The maximum absolute atomic E-state index is 12.3. The van der Waals surface area contributed by atoms with Gasteiger partial charge in [-0.05, 0) is 29.8 Å². The molecule has 1 aliphatic rings. The molecule has 1 atom stereocenters. The fraction of sp³-hybridized carbons (Fsp3) is 0.118. The SMILES string of the molecule is O=C1OCC(c2ccc(Cl)cc2)/C1=C/NS(=O)(=O)c1ccccc1. The van der Waals surface area contributed by atoms with Crippen molar-refractivity contribution in [1.29, 1.82) is 0 Å². The van der Waals surface area contributed by atoms with Gasteiger partial charge in [0.05, 0.1) is 16.4 Å². The van der Waals surface area contributed by atoms with Crippen LogP contribution in [0.1, 0.15) is 11.5 Å². The van der Waals surface area contributed by atoms with Crippen molar-refractivity contribution in [1.82, 2.24) is 4.72 Å². The number of carbonyl (C=O) groups is 1. The number of hydrogen-bond acceptors (Lipinski definition) is 4. The highest BCUT2D eigenvalue weighted by atomic mass is 35.5. The van der Waals surface area contributed by atoms with Gasteiger partial charge in [-0.2, -0.15) is 0 Å². The summed E-state index contributed by atoms with van der Waals surface area (Å²) in [4.78, 5) is 12.0. The molecule has 5 nitrogen and oxygen atoms in total. The van der Waals surface area contributed by atoms with Crippen molar-refractivity contribution in [2.45, 2.75) is 10.8 Å². The van der Waals surface area contributed by atoms with Crippen molar-refractivity contribution < 1.29 is 17.9 Å². The highest BCUT2D eigenvalue weighted by Crippen LogP contribution is 2.31. The minimum atomic E-state index is -3.74. The van der Waals surface area contributed by atoms with Crippen LogP contribution in [0.5, 0.6) is 0 Å². The van der Waals surface area contributed by atoms with Crippen LogP contribution in [0.25, 0.3) is 0 Å². The van der Waals surface area contributed by atoms with Gasteiger partial charge in [0.1, 0.15) is 6.61 Å². The first kappa shape index (κ1) is 16.5. The van der Waals surface area contributed by atoms with E-state index in [0.717, 1.165) is 5.56 Å². The lowest BCUT2D eigenvalue weighted by atomic mass is 9.94. The summed E-state index contributed by atoms with van der Waals surface area (Å²) in [6, 6.07) is 14.9. The van der Waals surface area contributed by atoms with Gasteiger partial charge in [-0.25, -0.2) is 13.2 Å². The Morgan fingerprint density at radius 1 is 1.08 bits per heavy atom. The van der Waals surface area contributed by atoms with Gasteiger partial charge in [0.2, 0.25) is 0 Å². The Morgan fingerprint density at radius 2 is 1.75 bits per heavy atom. The van der Waals surface area contributed by atoms with E-state index >= 15 is 0 Å². The fourth-order valence-electron chi connectivity index (χ4n) is 2.41. The topological polar surface area (TPSA) is 72.5 Å². The van der Waals surface area contributed by atoms with Gasteiger partial charge in [-0.3, -0.25) is 4.72 Å². The monoisotopic (exact) mass is 363 g/mol. The molecule has 1 heterocycles. The molecule has 1 fully saturated rings. The third kappa shape index (κ3) is 3.44. The molecule has 1 N–H and O–H groups in total. The normalized spacial score (nSPS) is 19.3. The molecular formula is C17H14ClNO4S. The van der Waals surface area contributed by atoms with E-state index in [1.165, 1.54) is 18.3 Å². The molecule has 2 aromatic carbocycles. The van der Waals surface area contributed by atoms with E-state index in [2.05, 4.69) is 4.72 Å². The molecule has 1 aliphatic heterocycles. The molecule has 0 aromatic heterocycles. The van der Waals surface area contributed by atoms with Crippen molar-refractivity contribution >= 4 is 27.6 Å². The summed E-state index contributed by atoms with van der Waals surface area (Å²) in [5.41, 5.74) is 1.09. The minimum Gasteiger partial charge on any atom is -0.461 e. The van der Waals surface area contributed by atoms with Crippen molar-refractivity contribution in [3.8, 4) is 0 Å². The standard InChI is InChI=1S/C17H14ClNO4S/c18-13-8-6-12(7-9-13)16-11-23-17(20)15(16)10-19-24(21,22)14-4-2-1-3-5-14/h1-10,16,19H,11H2/b15-10-. The van der Waals surface area contributed by atoms with Crippen LogP contribution < -0.4 is 4.72 Å². The summed E-state index contributed by atoms with van der Waals surface area (Å²) in [7, 11) is -3.74. The molecule has 2 aromatic rings. The predicted molar refractivity (Wildman–Crippen MR) is 90.0 cm³/mol. The lowest BCUT2D eigenvalue weighted by molar-refractivity contribution is -0.135. The Hall–Kier alpha value is -2.31. The average molecular weight is 364 g/mol. The van der Waals surface area contributed by atoms with E-state index in [-0.39, 0.29) is 23.0 Å². The largest absolute Gasteiger partial charge is 0.461 e. The number of halogens is 1. The summed E-state index contributed by atoms with van der Waals surface area (Å²) >= 11 is 5.87. The number of nitrogens with one attached hydrogen (secondary N) is 1. The lowest BCUT2D eigenvalue weighted by Crippen LogP contribution is -2.20. The molecule has 0 spiro atoms. The van der Waals surface area contributed by atoms with Crippen LogP contribution in [0.2, 0.25) is 5.02 Å². The number of hydrogen-bond donors (Lipinski definition) is 1. The van der Waals surface area contributed by atoms with Crippen LogP contribution in [0.15, 0.2) is 71.3 Å². The third-order valence-corrected chi connectivity index (χ3v) is 5.26. The molecule has 0 bridgehead atoms. The second-order valence-electron chi connectivity index (χ2n) is 5.24. The van der Waals surface area contributed by atoms with Gasteiger partial charge in [-0.1, -0.05) is 41.9 Å². The first-order valence-electron chi connectivity index (χ1n) is 7.17. The van der Waals surface area contributed by atoms with E-state index in [4.69, 9.17) is 16.3 Å². The van der Waals surface area contributed by atoms with Crippen LogP contribution in [-0.2, 0) is 19.6 Å². The number of esters is 1. The maximum atomic E-state index is 12.3. The molecule has 1 saturated heterocycles. The van der Waals surface area contributed by atoms with Gasteiger partial charge in [-0.15, -0.1) is 0 Å². The Morgan fingerprint density at radius 3 is 2.42 bits per heavy atom. The van der Waals surface area contributed by atoms with Crippen molar-refractivity contribution in [3.63, 3.8) is 0 Å². The molecule has 1 unspecified atom stereocenters. The van der Waals surface area contributed by atoms with Crippen molar-refractivity contribution in [2.75, 3.05) is 6.61 Å². The molecule has 24 heavy (non-hydrogen) atoms. The van der Waals surface area contributed by atoms with E-state index in [1.807, 2.05) is 0 Å². The lowest BCUT2D eigenvalue weighted by Gasteiger charge is -2.10. The second-order valence-corrected chi connectivity index (χ2v) is 7.39. The first-order valence-corrected chi connectivity index (χ1v) is 9.03. The van der Waals surface area contributed by atoms with Gasteiger partial charge < -0.3 is 4.74 Å². The van der Waals surface area contributed by atoms with E-state index in [0.29, 0.717) is 5.02 Å². The van der Waals surface area contributed by atoms with Crippen molar-refractivity contribution in [2.24, 2.45) is 0 Å². The molecule has 3 rings (SSSR count). The summed E-state index contributed by atoms with van der Waals surface area (Å²) in [6.07, 6.45) is 1.21. The highest BCUT2D eigenvalue weighted by molar-refractivity contribution is 7.89. The van der Waals surface area contributed by atoms with Gasteiger partial charge >= 0.3 is 5.97 Å². The molecule has 124 valence electrons. The van der Waals surface area contributed by atoms with E-state index in [9.17, 15) is 13.2 Å². The zero-order valence-electron chi connectivity index (χ0n) is 12.5. The Balaban J connectivity index is 1.87. The number of sulfonamides is 1. The molecule has 0 radical (unpaired) electrons. The fourth-order valence-corrected chi connectivity index (χ4v) is 3.47. The van der Waals surface area contributed by atoms with E-state index in [1.54, 1.807) is 42.5 Å². The molecule has 0 saturated carbocycles. The van der Waals surface area contributed by atoms with Crippen LogP contribution in [0, 0.1) is 0 Å². The van der Waals surface area contributed by atoms with E-state index < -0.39 is 16.0 Å². The second kappa shape index (κ2) is 6.67. The quantitative estimate of drug-likeness (QED) is 0.669. The smallest absolute Gasteiger partial charge is 0.336 e. The highest BCUT2D eigenvalue weighted by Gasteiger charge is 2.32. The average Bonchev–Trinajstić information content (AvgIpc) is 2.95. The number of cyclic esters (lactones) is 1. The van der Waals surface area contributed by atoms with Gasteiger partial charge in [0, 0.05) is 11.2 Å². The minimum absolute atomic E-state index is 0.122. The third-order valence-electron chi connectivity index (χ3n) is 3.69. The molecular weight excluding hydrogens is 350 g/mol. The predicted octanol–water partition coefficient (Wildman–Crippen LogP) is 2.84. The zero-order chi connectivity index (χ0) is 17.2. The zero-order valence-corrected chi connectivity index (χ0v) is 14.0. The molecule has 7 heteroatoms. The number of ether oxygens (including phenoxy) is 1. The van der Waals surface area contributed by atoms with Crippen LogP contribution in [-0.4, -0.2) is 21.0 Å². The summed E-state index contributed by atoms with van der Waals surface area (Å²) in [6.45, 7) is 0.166. The van der Waals surface area contributed by atoms with Crippen LogP contribution >= 0.6 is 11.6 Å². The van der Waals surface area contributed by atoms with Crippen LogP contribution in [0.4, 0.5) is 0 Å². The summed E-state index contributed by atoms with van der Waals surface area (Å²) in [5.74, 6) is -0.876.